The lowest BCUT2D eigenvalue weighted by Crippen LogP contribution is -2.04. The van der Waals surface area contributed by atoms with Gasteiger partial charge < -0.3 is 0 Å². The van der Waals surface area contributed by atoms with Crippen molar-refractivity contribution in [3.8, 4) is 0 Å². The normalized spacial score (nSPS) is 11.2. The summed E-state index contributed by atoms with van der Waals surface area (Å²) in [6.07, 6.45) is 4.32. The summed E-state index contributed by atoms with van der Waals surface area (Å²) in [5.41, 5.74) is 0.580. The van der Waals surface area contributed by atoms with Gasteiger partial charge in [-0.1, -0.05) is 13.8 Å². The molecule has 0 amide bonds. The maximum atomic E-state index is 11.9. The Morgan fingerprint density at radius 3 is 2.69 bits per heavy atom. The zero-order valence-corrected chi connectivity index (χ0v) is 8.67. The van der Waals surface area contributed by atoms with E-state index in [1.807, 2.05) is 13.8 Å². The summed E-state index contributed by atoms with van der Waals surface area (Å²) in [5, 5.41) is 0. The van der Waals surface area contributed by atoms with Gasteiger partial charge in [-0.3, -0.25) is 4.98 Å². The first-order valence-corrected chi connectivity index (χ1v) is 6.10. The molecule has 1 radical (unpaired) electrons. The zero-order chi connectivity index (χ0) is 9.73. The molecule has 3 nitrogen and oxygen atoms in total. The Hall–Kier alpha value is -0.900. The first-order valence-electron chi connectivity index (χ1n) is 4.25. The third-order valence-electron chi connectivity index (χ3n) is 1.76. The fourth-order valence-corrected chi connectivity index (χ4v) is 2.01. The van der Waals surface area contributed by atoms with E-state index in [1.165, 1.54) is 0 Å². The Morgan fingerprint density at radius 1 is 1.54 bits per heavy atom. The molecule has 0 bridgehead atoms. The van der Waals surface area contributed by atoms with Crippen molar-refractivity contribution in [3.05, 3.63) is 24.5 Å². The standard InChI is InChI=1S/C9H13N2OS/c1-3-13(12,4-2)11-9-6-5-7-10-8-9/h5-7H,3-4H2,1-2H3. The van der Waals surface area contributed by atoms with Crippen LogP contribution < -0.4 is 0 Å². The van der Waals surface area contributed by atoms with Gasteiger partial charge in [0, 0.05) is 17.7 Å². The molecule has 71 valence electrons. The smallest absolute Gasteiger partial charge is 0.117 e. The van der Waals surface area contributed by atoms with Gasteiger partial charge in [0.2, 0.25) is 0 Å². The van der Waals surface area contributed by atoms with Crippen molar-refractivity contribution < 1.29 is 4.21 Å². The minimum Gasteiger partial charge on any atom is -0.252 e. The van der Waals surface area contributed by atoms with E-state index in [4.69, 9.17) is 0 Å². The van der Waals surface area contributed by atoms with Crippen LogP contribution >= 0.6 is 0 Å². The van der Waals surface area contributed by atoms with Crippen molar-refractivity contribution in [2.75, 3.05) is 11.5 Å². The Kier molecular flexibility index (Phi) is 3.42. The van der Waals surface area contributed by atoms with Gasteiger partial charge in [0.15, 0.2) is 0 Å². The highest BCUT2D eigenvalue weighted by molar-refractivity contribution is 7.93. The van der Waals surface area contributed by atoms with Crippen LogP contribution in [-0.2, 0) is 9.73 Å². The van der Waals surface area contributed by atoms with Gasteiger partial charge in [-0.2, -0.15) is 4.36 Å². The van der Waals surface area contributed by atoms with Crippen LogP contribution in [0.5, 0.6) is 0 Å². The summed E-state index contributed by atoms with van der Waals surface area (Å²) in [6.45, 7) is 3.76. The molecule has 0 aliphatic heterocycles. The number of hydrogen-bond donors (Lipinski definition) is 0. The predicted molar refractivity (Wildman–Crippen MR) is 54.4 cm³/mol. The molecule has 0 saturated heterocycles. The molecule has 0 fully saturated rings. The number of pyridine rings is 1. The summed E-state index contributed by atoms with van der Waals surface area (Å²) in [4.78, 5) is 3.79. The van der Waals surface area contributed by atoms with Crippen molar-refractivity contribution >= 4 is 15.4 Å². The molecule has 4 heteroatoms. The van der Waals surface area contributed by atoms with E-state index in [1.54, 1.807) is 18.3 Å². The molecule has 0 atom stereocenters. The van der Waals surface area contributed by atoms with Gasteiger partial charge in [0.05, 0.1) is 9.73 Å². The summed E-state index contributed by atoms with van der Waals surface area (Å²) in [5.74, 6) is 1.15. The van der Waals surface area contributed by atoms with E-state index in [9.17, 15) is 4.21 Å². The monoisotopic (exact) mass is 197 g/mol. The van der Waals surface area contributed by atoms with Crippen LogP contribution in [0.4, 0.5) is 5.69 Å². The highest BCUT2D eigenvalue weighted by Gasteiger charge is 2.02. The first kappa shape index (κ1) is 10.2. The molecule has 1 aromatic heterocycles. The van der Waals surface area contributed by atoms with Crippen molar-refractivity contribution in [3.63, 3.8) is 0 Å². The van der Waals surface area contributed by atoms with E-state index < -0.39 is 9.73 Å². The third kappa shape index (κ3) is 2.81. The van der Waals surface area contributed by atoms with Gasteiger partial charge >= 0.3 is 0 Å². The Morgan fingerprint density at radius 2 is 2.23 bits per heavy atom. The molecule has 13 heavy (non-hydrogen) atoms. The lowest BCUT2D eigenvalue weighted by molar-refractivity contribution is 0.678. The largest absolute Gasteiger partial charge is 0.252 e. The Labute approximate surface area is 79.4 Å². The molecular formula is C9H13N2OS. The van der Waals surface area contributed by atoms with E-state index >= 15 is 0 Å². The quantitative estimate of drug-likeness (QED) is 0.744. The van der Waals surface area contributed by atoms with Crippen molar-refractivity contribution in [2.45, 2.75) is 13.8 Å². The maximum Gasteiger partial charge on any atom is 0.117 e. The average Bonchev–Trinajstić information content (AvgIpc) is 2.19. The van der Waals surface area contributed by atoms with Crippen LogP contribution in [0.15, 0.2) is 22.7 Å². The van der Waals surface area contributed by atoms with Crippen LogP contribution in [0.25, 0.3) is 0 Å². The Bertz CT molecular complexity index is 356. The molecule has 0 aromatic carbocycles. The summed E-state index contributed by atoms with van der Waals surface area (Å²) in [7, 11) is -2.06. The number of hydrogen-bond acceptors (Lipinski definition) is 3. The second-order valence-corrected chi connectivity index (χ2v) is 5.46. The van der Waals surface area contributed by atoms with Gasteiger partial charge in [-0.15, -0.1) is 0 Å². The van der Waals surface area contributed by atoms with E-state index in [2.05, 4.69) is 15.5 Å². The van der Waals surface area contributed by atoms with Gasteiger partial charge in [0.25, 0.3) is 0 Å². The topological polar surface area (TPSA) is 42.3 Å². The molecular weight excluding hydrogens is 184 g/mol. The highest BCUT2D eigenvalue weighted by Crippen LogP contribution is 2.11. The molecule has 0 aliphatic carbocycles. The second-order valence-electron chi connectivity index (χ2n) is 2.58. The lowest BCUT2D eigenvalue weighted by Gasteiger charge is -2.02. The molecule has 0 aliphatic rings. The predicted octanol–water partition coefficient (Wildman–Crippen LogP) is 2.02. The highest BCUT2D eigenvalue weighted by atomic mass is 32.2. The van der Waals surface area contributed by atoms with Crippen molar-refractivity contribution in [1.82, 2.24) is 4.98 Å². The van der Waals surface area contributed by atoms with Crippen LogP contribution in [0.3, 0.4) is 0 Å². The lowest BCUT2D eigenvalue weighted by atomic mass is 10.4. The van der Waals surface area contributed by atoms with Crippen LogP contribution in [0.1, 0.15) is 13.8 Å². The second kappa shape index (κ2) is 4.37. The van der Waals surface area contributed by atoms with Crippen molar-refractivity contribution in [1.29, 1.82) is 0 Å². The summed E-state index contributed by atoms with van der Waals surface area (Å²) in [6, 6.07) is 3.53. The van der Waals surface area contributed by atoms with Crippen molar-refractivity contribution in [2.24, 2.45) is 4.36 Å². The molecule has 1 rings (SSSR count). The third-order valence-corrected chi connectivity index (χ3v) is 4.09. The zero-order valence-electron chi connectivity index (χ0n) is 7.86. The van der Waals surface area contributed by atoms with E-state index in [0.29, 0.717) is 17.2 Å². The van der Waals surface area contributed by atoms with Gasteiger partial charge in [0.1, 0.15) is 11.9 Å². The molecule has 1 aromatic rings. The molecule has 0 saturated carbocycles. The summed E-state index contributed by atoms with van der Waals surface area (Å²) < 4.78 is 16.0. The number of nitrogens with zero attached hydrogens (tertiary/aromatic N) is 2. The fourth-order valence-electron chi connectivity index (χ4n) is 0.881. The number of aromatic nitrogens is 1. The van der Waals surface area contributed by atoms with E-state index in [0.717, 1.165) is 0 Å². The molecule has 0 spiro atoms. The van der Waals surface area contributed by atoms with Crippen LogP contribution in [0, 0.1) is 6.20 Å². The average molecular weight is 197 g/mol. The summed E-state index contributed by atoms with van der Waals surface area (Å²) >= 11 is 0. The maximum absolute atomic E-state index is 11.9. The first-order chi connectivity index (χ1) is 6.20. The molecule has 0 unspecified atom stereocenters. The van der Waals surface area contributed by atoms with E-state index in [-0.39, 0.29) is 0 Å². The minimum absolute atomic E-state index is 0.576. The fraction of sp³-hybridized carbons (Fsp3) is 0.444. The molecule has 0 N–H and O–H groups in total. The SMILES string of the molecule is CCS(=O)(CC)=Nc1[c]nccc1. The number of rotatable bonds is 3. The van der Waals surface area contributed by atoms with Crippen LogP contribution in [-0.4, -0.2) is 20.7 Å². The minimum atomic E-state index is -2.06. The van der Waals surface area contributed by atoms with Gasteiger partial charge in [-0.05, 0) is 12.1 Å². The van der Waals surface area contributed by atoms with Crippen LogP contribution in [0.2, 0.25) is 0 Å². The van der Waals surface area contributed by atoms with Gasteiger partial charge in [-0.25, -0.2) is 4.21 Å². The Balaban J connectivity index is 3.07. The molecule has 1 heterocycles.